The smallest absolute Gasteiger partial charge is 0.472 e. The number of hydrogen-bond donors (Lipinski definition) is 10. The molecular weight excluding hydrogens is 1250 g/mol. The zero-order valence-electron chi connectivity index (χ0n) is 46.5. The van der Waals surface area contributed by atoms with Crippen LogP contribution in [0.25, 0.3) is 0 Å². The number of allylic oxidation sites excluding steroid dienone is 1. The Morgan fingerprint density at radius 3 is 1.59 bits per heavy atom. The van der Waals surface area contributed by atoms with Crippen molar-refractivity contribution in [1.82, 2.24) is 20.2 Å². The lowest BCUT2D eigenvalue weighted by Crippen LogP contribution is -2.40. The molecule has 36 nitrogen and oxygen atoms in total. The Kier molecular flexibility index (Phi) is 24.2. The summed E-state index contributed by atoms with van der Waals surface area (Å²) < 4.78 is 148. The fraction of sp³-hybridized carbons (Fsp3) is 0.773. The topological polar surface area (TPSA) is 500 Å². The maximum absolute atomic E-state index is 13.6. The summed E-state index contributed by atoms with van der Waals surface area (Å²) in [5.74, 6) is -2.02. The number of nitrogens with zero attached hydrogens (tertiary/aromatic N) is 3. The lowest BCUT2D eigenvalue weighted by atomic mass is 10.1. The van der Waals surface area contributed by atoms with E-state index in [-0.39, 0.29) is 87.9 Å². The molecule has 2 amide bonds. The molecule has 19 unspecified atom stereocenters. The van der Waals surface area contributed by atoms with E-state index in [4.69, 9.17) is 80.3 Å². The molecule has 1 aromatic rings. The monoisotopic (exact) mass is 1320 g/mol. The number of phosphoric acid groups is 5. The highest BCUT2D eigenvalue weighted by atomic mass is 31.2. The molecule has 6 aliphatic heterocycles. The van der Waals surface area contributed by atoms with Gasteiger partial charge in [0.2, 0.25) is 5.91 Å². The number of aromatic nitrogens is 2. The summed E-state index contributed by atoms with van der Waals surface area (Å²) in [5, 5.41) is 12.8. The molecule has 7 heterocycles. The lowest BCUT2D eigenvalue weighted by Gasteiger charge is -2.26. The second kappa shape index (κ2) is 29.7. The first kappa shape index (κ1) is 69.3. The summed E-state index contributed by atoms with van der Waals surface area (Å²) >= 11 is 0. The van der Waals surface area contributed by atoms with Crippen LogP contribution in [0, 0.1) is 5.41 Å². The van der Waals surface area contributed by atoms with Gasteiger partial charge in [0.1, 0.15) is 67.0 Å². The number of amides is 2. The zero-order chi connectivity index (χ0) is 62.2. The number of amidine groups is 1. The maximum Gasteiger partial charge on any atom is 0.472 e. The molecule has 0 radical (unpaired) electrons. The Balaban J connectivity index is 0.875. The number of imidazole rings is 1. The molecule has 0 spiro atoms. The van der Waals surface area contributed by atoms with Gasteiger partial charge in [-0.1, -0.05) is 0 Å². The highest BCUT2D eigenvalue weighted by Crippen LogP contribution is 2.53. The van der Waals surface area contributed by atoms with Crippen molar-refractivity contribution in [2.45, 2.75) is 171 Å². The molecular formula is C44H72N7O29P5. The molecule has 0 saturated carbocycles. The largest absolute Gasteiger partial charge is 0.482 e. The summed E-state index contributed by atoms with van der Waals surface area (Å²) in [6, 6.07) is 0. The predicted molar refractivity (Wildman–Crippen MR) is 285 cm³/mol. The number of phosphoric ester groups is 5. The van der Waals surface area contributed by atoms with Crippen molar-refractivity contribution in [2.75, 3.05) is 46.1 Å². The normalized spacial score (nSPS) is 33.5. The van der Waals surface area contributed by atoms with Gasteiger partial charge in [-0.15, -0.1) is 0 Å². The fourth-order valence-corrected chi connectivity index (χ4v) is 14.1. The van der Waals surface area contributed by atoms with Crippen LogP contribution < -0.4 is 16.4 Å². The summed E-state index contributed by atoms with van der Waals surface area (Å²) in [6.45, 7) is 4.58. The fourth-order valence-electron chi connectivity index (χ4n) is 9.87. The van der Waals surface area contributed by atoms with E-state index in [0.29, 0.717) is 0 Å². The number of carbonyl (C=O) groups excluding carboxylic acids is 3. The van der Waals surface area contributed by atoms with Gasteiger partial charge in [-0.05, 0) is 34.1 Å². The number of carbonyl (C=O) groups is 3. The molecule has 11 N–H and O–H groups in total. The van der Waals surface area contributed by atoms with E-state index in [1.807, 2.05) is 0 Å². The molecule has 7 rings (SSSR count). The summed E-state index contributed by atoms with van der Waals surface area (Å²) in [5.41, 5.74) is 5.85. The first-order valence-electron chi connectivity index (χ1n) is 26.7. The number of ketones is 1. The van der Waals surface area contributed by atoms with Gasteiger partial charge >= 0.3 is 39.1 Å². The van der Waals surface area contributed by atoms with E-state index in [1.54, 1.807) is 27.7 Å². The van der Waals surface area contributed by atoms with Gasteiger partial charge in [0.05, 0.1) is 76.3 Å². The Morgan fingerprint density at radius 1 is 0.671 bits per heavy atom. The first-order valence-corrected chi connectivity index (χ1v) is 34.2. The van der Waals surface area contributed by atoms with Crippen molar-refractivity contribution in [2.24, 2.45) is 10.7 Å². The van der Waals surface area contributed by atoms with Crippen LogP contribution in [0.1, 0.15) is 96.3 Å². The molecule has 41 heteroatoms. The van der Waals surface area contributed by atoms with E-state index < -0.39 is 175 Å². The van der Waals surface area contributed by atoms with Crippen LogP contribution in [-0.2, 0) is 102 Å². The highest BCUT2D eigenvalue weighted by molar-refractivity contribution is 7.48. The van der Waals surface area contributed by atoms with E-state index >= 15 is 0 Å². The van der Waals surface area contributed by atoms with Crippen LogP contribution in [0.4, 0.5) is 5.82 Å². The molecule has 5 fully saturated rings. The van der Waals surface area contributed by atoms with Gasteiger partial charge in [-0.3, -0.25) is 59.7 Å². The van der Waals surface area contributed by atoms with Crippen molar-refractivity contribution in [1.29, 1.82) is 5.41 Å². The number of rotatable bonds is 32. The van der Waals surface area contributed by atoms with Crippen LogP contribution in [0.2, 0.25) is 0 Å². The third-order valence-corrected chi connectivity index (χ3v) is 18.1. The van der Waals surface area contributed by atoms with E-state index in [9.17, 15) is 66.6 Å². The van der Waals surface area contributed by atoms with Crippen molar-refractivity contribution < 1.29 is 136 Å². The molecule has 85 heavy (non-hydrogen) atoms. The maximum atomic E-state index is 13.6. The average molecular weight is 1320 g/mol. The standard InChI is InChI=1S/C44H72N7O29P5/c1-23-11-31(35(71-23)17-48-44(54)29(7-8-45)75-30-16-41(76-36(30)18-67-81(55,56)57)51-22-49-42-28(53)15-40(46)50-43(42)51)77-83(60,61)68-20-38-33(13-25(3)73-38)79-85(64,65)70-21-39-34(14-26(4)74-39)80-84(62,63)69-19-37-32(12-24(2)72-37)78-82(58,59)66-10-6-9-47-27(5)52/h7-8,22-26,30-39,41,45H,6,9-21H2,1-5H3,(H2,46,50)(H,47,52)(H,48,54)(H,58,59)(H,60,61)(H,62,63)(H,64,65)(H2,55,56,57)/b29-7+,45-8?. The van der Waals surface area contributed by atoms with Crippen LogP contribution in [-0.4, -0.2) is 200 Å². The number of hydrogen-bond acceptors (Lipinski definition) is 27. The highest BCUT2D eigenvalue weighted by Gasteiger charge is 2.48. The van der Waals surface area contributed by atoms with E-state index in [0.717, 1.165) is 12.3 Å². The van der Waals surface area contributed by atoms with Crippen molar-refractivity contribution in [3.05, 3.63) is 23.9 Å². The molecule has 1 aromatic heterocycles. The third kappa shape index (κ3) is 21.0. The van der Waals surface area contributed by atoms with Gasteiger partial charge in [-0.2, -0.15) is 0 Å². The van der Waals surface area contributed by atoms with Gasteiger partial charge in [0, 0.05) is 64.4 Å². The lowest BCUT2D eigenvalue weighted by molar-refractivity contribution is -0.124. The summed E-state index contributed by atoms with van der Waals surface area (Å²) in [4.78, 5) is 107. The van der Waals surface area contributed by atoms with Crippen LogP contribution in [0.3, 0.4) is 0 Å². The molecule has 0 aromatic carbocycles. The van der Waals surface area contributed by atoms with Crippen molar-refractivity contribution in [3.8, 4) is 0 Å². The van der Waals surface area contributed by atoms with Crippen molar-refractivity contribution >= 4 is 74.6 Å². The zero-order valence-corrected chi connectivity index (χ0v) is 51.0. The number of aliphatic imine (C=N–C) groups is 1. The molecule has 19 atom stereocenters. The summed E-state index contributed by atoms with van der Waals surface area (Å²) in [6.07, 6.45) is -12.2. The van der Waals surface area contributed by atoms with Crippen LogP contribution >= 0.6 is 39.1 Å². The second-order valence-corrected chi connectivity index (χ2v) is 27.5. The minimum absolute atomic E-state index is 0.00274. The van der Waals surface area contributed by atoms with Gasteiger partial charge < -0.3 is 79.6 Å². The third-order valence-electron chi connectivity index (χ3n) is 13.5. The predicted octanol–water partition coefficient (Wildman–Crippen LogP) is 2.13. The molecule has 0 aliphatic carbocycles. The minimum Gasteiger partial charge on any atom is -0.482 e. The first-order chi connectivity index (χ1) is 39.7. The van der Waals surface area contributed by atoms with E-state index in [1.165, 1.54) is 17.8 Å². The van der Waals surface area contributed by atoms with Gasteiger partial charge in [0.15, 0.2) is 23.1 Å². The number of nitrogens with one attached hydrogen (secondary N) is 3. The number of ether oxygens (including phenoxy) is 6. The number of nitrogens with two attached hydrogens (primary N) is 1. The van der Waals surface area contributed by atoms with E-state index in [2.05, 4.69) is 20.6 Å². The van der Waals surface area contributed by atoms with Crippen molar-refractivity contribution in [3.63, 3.8) is 0 Å². The van der Waals surface area contributed by atoms with Crippen LogP contribution in [0.15, 0.2) is 23.2 Å². The Hall–Kier alpha value is -3.15. The minimum atomic E-state index is -5.04. The Morgan fingerprint density at radius 2 is 1.12 bits per heavy atom. The Bertz CT molecular complexity index is 2840. The molecule has 5 saturated heterocycles. The average Bonchev–Trinajstić information content (AvgIpc) is 2.42. The van der Waals surface area contributed by atoms with Gasteiger partial charge in [-0.25, -0.2) is 32.8 Å². The molecule has 6 aliphatic rings. The molecule has 0 bridgehead atoms. The molecule has 482 valence electrons. The number of fused-ring (bicyclic) bond motifs is 1. The second-order valence-electron chi connectivity index (χ2n) is 20.6. The van der Waals surface area contributed by atoms with Gasteiger partial charge in [0.25, 0.3) is 5.91 Å². The SMILES string of the molecule is CC(=O)NCCCOP(=O)(O)OC1CC(C)OC1COP(=O)(O)OC1CC(C)OC1COP(=O)(O)OC1CC(C)OC1COP(=O)(O)OC1CC(C)OC1CNC(=O)/C(=C\C=N)OC1CC(n2cnc3c2N=C(N)CC3=O)OC1COP(=O)(O)O. The summed E-state index contributed by atoms with van der Waals surface area (Å²) in [7, 11) is -24.7. The quantitative estimate of drug-likeness (QED) is 0.0162. The Labute approximate surface area is 486 Å². The van der Waals surface area contributed by atoms with Crippen LogP contribution in [0.5, 0.6) is 0 Å². The number of Topliss-reactive ketones (excluding diaryl/α,β-unsaturated/α-hetero) is 1.